The van der Waals surface area contributed by atoms with Crippen molar-refractivity contribution in [1.29, 1.82) is 0 Å². The van der Waals surface area contributed by atoms with Crippen LogP contribution in [0.1, 0.15) is 46.0 Å². The van der Waals surface area contributed by atoms with Crippen LogP contribution in [0.15, 0.2) is 0 Å². The third kappa shape index (κ3) is 8.77. The molecule has 2 unspecified atom stereocenters. The van der Waals surface area contributed by atoms with Gasteiger partial charge in [-0.2, -0.15) is 0 Å². The molecule has 0 aliphatic carbocycles. The fourth-order valence-corrected chi connectivity index (χ4v) is 2.60. The summed E-state index contributed by atoms with van der Waals surface area (Å²) in [4.78, 5) is 11.8. The highest BCUT2D eigenvalue weighted by Gasteiger charge is 2.21. The number of amides is 1. The van der Waals surface area contributed by atoms with Gasteiger partial charge in [0.25, 0.3) is 0 Å². The van der Waals surface area contributed by atoms with Gasteiger partial charge in [0.2, 0.25) is 5.91 Å². The molecule has 2 N–H and O–H groups in total. The molecule has 20 heavy (non-hydrogen) atoms. The average Bonchev–Trinajstić information content (AvgIpc) is 2.43. The maximum Gasteiger partial charge on any atom is 0.220 e. The van der Waals surface area contributed by atoms with E-state index in [9.17, 15) is 4.79 Å². The van der Waals surface area contributed by atoms with Gasteiger partial charge in [0.15, 0.2) is 0 Å². The molecule has 0 aromatic heterocycles. The first-order valence-electron chi connectivity index (χ1n) is 7.79. The topological polar surface area (TPSA) is 50.4 Å². The molecular formula is C15H31ClN2O2. The highest BCUT2D eigenvalue weighted by Crippen LogP contribution is 2.22. The molecule has 0 aromatic carbocycles. The van der Waals surface area contributed by atoms with Gasteiger partial charge in [-0.05, 0) is 57.5 Å². The smallest absolute Gasteiger partial charge is 0.220 e. The van der Waals surface area contributed by atoms with Crippen molar-refractivity contribution in [2.45, 2.75) is 46.0 Å². The van der Waals surface area contributed by atoms with Gasteiger partial charge < -0.3 is 15.4 Å². The minimum Gasteiger partial charge on any atom is -0.382 e. The Morgan fingerprint density at radius 1 is 1.45 bits per heavy atom. The van der Waals surface area contributed by atoms with E-state index in [2.05, 4.69) is 17.6 Å². The van der Waals surface area contributed by atoms with Crippen molar-refractivity contribution in [2.75, 3.05) is 32.8 Å². The van der Waals surface area contributed by atoms with Crippen LogP contribution >= 0.6 is 12.4 Å². The van der Waals surface area contributed by atoms with E-state index < -0.39 is 0 Å². The summed E-state index contributed by atoms with van der Waals surface area (Å²) in [6.07, 6.45) is 5.20. The van der Waals surface area contributed by atoms with E-state index in [-0.39, 0.29) is 18.3 Å². The molecule has 1 rings (SSSR count). The van der Waals surface area contributed by atoms with Gasteiger partial charge in [-0.25, -0.2) is 0 Å². The van der Waals surface area contributed by atoms with E-state index in [4.69, 9.17) is 4.74 Å². The Bertz CT molecular complexity index is 246. The van der Waals surface area contributed by atoms with Crippen LogP contribution in [0.25, 0.3) is 0 Å². The van der Waals surface area contributed by atoms with Crippen LogP contribution in [0.3, 0.4) is 0 Å². The van der Waals surface area contributed by atoms with Crippen LogP contribution in [0, 0.1) is 11.8 Å². The van der Waals surface area contributed by atoms with E-state index >= 15 is 0 Å². The van der Waals surface area contributed by atoms with Crippen molar-refractivity contribution in [3.63, 3.8) is 0 Å². The molecule has 0 saturated carbocycles. The summed E-state index contributed by atoms with van der Waals surface area (Å²) in [7, 11) is 0. The molecular weight excluding hydrogens is 276 g/mol. The minimum absolute atomic E-state index is 0. The van der Waals surface area contributed by atoms with E-state index in [1.165, 1.54) is 12.8 Å². The van der Waals surface area contributed by atoms with Gasteiger partial charge in [0.05, 0.1) is 0 Å². The second kappa shape index (κ2) is 12.4. The SMILES string of the molecule is CCOCCCCNC(=O)CC(C)C1CCCNC1.Cl. The van der Waals surface area contributed by atoms with E-state index in [1.807, 2.05) is 6.92 Å². The fourth-order valence-electron chi connectivity index (χ4n) is 2.60. The molecule has 1 aliphatic rings. The molecule has 1 heterocycles. The first kappa shape index (κ1) is 19.7. The van der Waals surface area contributed by atoms with Gasteiger partial charge in [-0.15, -0.1) is 12.4 Å². The number of rotatable bonds is 9. The Hall–Kier alpha value is -0.320. The standard InChI is InChI=1S/C15H30N2O2.ClH/c1-3-19-10-5-4-9-17-15(18)11-13(2)14-7-6-8-16-12-14;/h13-14,16H,3-12H2,1-2H3,(H,17,18);1H. The summed E-state index contributed by atoms with van der Waals surface area (Å²) in [6.45, 7) is 8.77. The number of piperidine rings is 1. The summed E-state index contributed by atoms with van der Waals surface area (Å²) in [5.74, 6) is 1.35. The van der Waals surface area contributed by atoms with Crippen LogP contribution in [-0.4, -0.2) is 38.8 Å². The molecule has 1 aliphatic heterocycles. The summed E-state index contributed by atoms with van der Waals surface area (Å²) < 4.78 is 5.26. The summed E-state index contributed by atoms with van der Waals surface area (Å²) >= 11 is 0. The number of ether oxygens (including phenoxy) is 1. The van der Waals surface area contributed by atoms with Gasteiger partial charge in [-0.3, -0.25) is 4.79 Å². The Balaban J connectivity index is 0.00000361. The highest BCUT2D eigenvalue weighted by molar-refractivity contribution is 5.85. The molecule has 5 heteroatoms. The number of carbonyl (C=O) groups excluding carboxylic acids is 1. The second-order valence-corrected chi connectivity index (χ2v) is 5.54. The van der Waals surface area contributed by atoms with Crippen molar-refractivity contribution >= 4 is 18.3 Å². The molecule has 1 amide bonds. The van der Waals surface area contributed by atoms with Crippen molar-refractivity contribution in [2.24, 2.45) is 11.8 Å². The van der Waals surface area contributed by atoms with Gasteiger partial charge in [0.1, 0.15) is 0 Å². The fraction of sp³-hybridized carbons (Fsp3) is 0.933. The molecule has 120 valence electrons. The molecule has 0 radical (unpaired) electrons. The minimum atomic E-state index is 0. The maximum absolute atomic E-state index is 11.8. The maximum atomic E-state index is 11.8. The lowest BCUT2D eigenvalue weighted by Crippen LogP contribution is -2.35. The monoisotopic (exact) mass is 306 g/mol. The van der Waals surface area contributed by atoms with Crippen LogP contribution < -0.4 is 10.6 Å². The summed E-state index contributed by atoms with van der Waals surface area (Å²) in [6, 6.07) is 0. The Labute approximate surface area is 129 Å². The second-order valence-electron chi connectivity index (χ2n) is 5.54. The van der Waals surface area contributed by atoms with E-state index in [0.717, 1.165) is 45.7 Å². The molecule has 4 nitrogen and oxygen atoms in total. The van der Waals surface area contributed by atoms with Gasteiger partial charge >= 0.3 is 0 Å². The van der Waals surface area contributed by atoms with E-state index in [0.29, 0.717) is 18.3 Å². The number of unbranched alkanes of at least 4 members (excludes halogenated alkanes) is 1. The van der Waals surface area contributed by atoms with Crippen molar-refractivity contribution in [3.8, 4) is 0 Å². The van der Waals surface area contributed by atoms with Crippen LogP contribution in [0.5, 0.6) is 0 Å². The number of hydrogen-bond acceptors (Lipinski definition) is 3. The zero-order chi connectivity index (χ0) is 13.9. The zero-order valence-electron chi connectivity index (χ0n) is 13.0. The molecule has 1 saturated heterocycles. The Morgan fingerprint density at radius 2 is 2.25 bits per heavy atom. The lowest BCUT2D eigenvalue weighted by atomic mass is 9.85. The molecule has 0 aromatic rings. The van der Waals surface area contributed by atoms with E-state index in [1.54, 1.807) is 0 Å². The lowest BCUT2D eigenvalue weighted by molar-refractivity contribution is -0.122. The third-order valence-electron chi connectivity index (χ3n) is 3.89. The predicted molar refractivity (Wildman–Crippen MR) is 85.4 cm³/mol. The zero-order valence-corrected chi connectivity index (χ0v) is 13.8. The number of carbonyl (C=O) groups is 1. The lowest BCUT2D eigenvalue weighted by Gasteiger charge is -2.28. The van der Waals surface area contributed by atoms with Crippen LogP contribution in [0.4, 0.5) is 0 Å². The van der Waals surface area contributed by atoms with Crippen LogP contribution in [0.2, 0.25) is 0 Å². The third-order valence-corrected chi connectivity index (χ3v) is 3.89. The highest BCUT2D eigenvalue weighted by atomic mass is 35.5. The molecule has 0 spiro atoms. The van der Waals surface area contributed by atoms with Crippen molar-refractivity contribution in [1.82, 2.24) is 10.6 Å². The number of nitrogens with one attached hydrogen (secondary N) is 2. The Kier molecular flexibility index (Phi) is 12.2. The van der Waals surface area contributed by atoms with Gasteiger partial charge in [-0.1, -0.05) is 6.92 Å². The normalized spacial score (nSPS) is 20.0. The average molecular weight is 307 g/mol. The van der Waals surface area contributed by atoms with Crippen molar-refractivity contribution in [3.05, 3.63) is 0 Å². The van der Waals surface area contributed by atoms with Gasteiger partial charge in [0, 0.05) is 26.2 Å². The summed E-state index contributed by atoms with van der Waals surface area (Å²) in [5.41, 5.74) is 0. The quantitative estimate of drug-likeness (QED) is 0.643. The van der Waals surface area contributed by atoms with Crippen molar-refractivity contribution < 1.29 is 9.53 Å². The Morgan fingerprint density at radius 3 is 2.90 bits per heavy atom. The van der Waals surface area contributed by atoms with Crippen LogP contribution in [-0.2, 0) is 9.53 Å². The first-order chi connectivity index (χ1) is 9.24. The first-order valence-corrected chi connectivity index (χ1v) is 7.79. The number of hydrogen-bond donors (Lipinski definition) is 2. The molecule has 2 atom stereocenters. The molecule has 1 fully saturated rings. The molecule has 0 bridgehead atoms. The number of halogens is 1. The largest absolute Gasteiger partial charge is 0.382 e. The summed E-state index contributed by atoms with van der Waals surface area (Å²) in [5, 5.41) is 6.43. The predicted octanol–water partition coefficient (Wildman–Crippen LogP) is 2.37.